The first-order valence-electron chi connectivity index (χ1n) is 11.6. The summed E-state index contributed by atoms with van der Waals surface area (Å²) in [7, 11) is 1.86. The van der Waals surface area contributed by atoms with Crippen LogP contribution in [0.5, 0.6) is 5.75 Å². The van der Waals surface area contributed by atoms with Gasteiger partial charge in [0, 0.05) is 43.3 Å². The van der Waals surface area contributed by atoms with Crippen LogP contribution in [0.25, 0.3) is 22.0 Å². The van der Waals surface area contributed by atoms with E-state index in [0.29, 0.717) is 36.8 Å². The predicted molar refractivity (Wildman–Crippen MR) is 132 cm³/mol. The van der Waals surface area contributed by atoms with E-state index in [9.17, 15) is 14.9 Å². The zero-order valence-electron chi connectivity index (χ0n) is 19.3. The van der Waals surface area contributed by atoms with Gasteiger partial charge in [0.1, 0.15) is 6.10 Å². The van der Waals surface area contributed by atoms with E-state index in [1.165, 1.54) is 17.2 Å². The molecule has 0 bridgehead atoms. The first-order chi connectivity index (χ1) is 16.9. The maximum absolute atomic E-state index is 12.2. The molecule has 0 spiro atoms. The third-order valence-corrected chi connectivity index (χ3v) is 6.54. The molecule has 0 saturated carbocycles. The van der Waals surface area contributed by atoms with Crippen molar-refractivity contribution >= 4 is 22.6 Å². The van der Waals surface area contributed by atoms with Crippen molar-refractivity contribution in [2.75, 3.05) is 0 Å². The molecule has 0 atom stereocenters. The van der Waals surface area contributed by atoms with Gasteiger partial charge in [0.2, 0.25) is 5.75 Å². The SMILES string of the molecule is Cn1ncc2cc(-c3cc(CCCC(=O)O)cc([N+](=O)[O-])c3OC3Cc4ccccc4C3)ccc21. The number of ether oxygens (including phenoxy) is 1. The second kappa shape index (κ2) is 9.21. The minimum Gasteiger partial charge on any atom is -0.482 e. The summed E-state index contributed by atoms with van der Waals surface area (Å²) in [5.74, 6) is -0.638. The lowest BCUT2D eigenvalue weighted by Gasteiger charge is -2.18. The Morgan fingerprint density at radius 1 is 1.17 bits per heavy atom. The molecule has 5 rings (SSSR count). The number of nitro benzene ring substituents is 1. The first kappa shape index (κ1) is 22.6. The number of nitro groups is 1. The van der Waals surface area contributed by atoms with E-state index in [2.05, 4.69) is 17.2 Å². The van der Waals surface area contributed by atoms with Crippen LogP contribution in [0.1, 0.15) is 29.5 Å². The summed E-state index contributed by atoms with van der Waals surface area (Å²) in [6, 6.07) is 17.3. The second-order valence-corrected chi connectivity index (χ2v) is 8.95. The van der Waals surface area contributed by atoms with Gasteiger partial charge in [-0.05, 0) is 53.3 Å². The molecule has 1 aromatic heterocycles. The number of carbonyl (C=O) groups is 1. The van der Waals surface area contributed by atoms with Gasteiger partial charge in [0.05, 0.1) is 16.6 Å². The third kappa shape index (κ3) is 4.59. The maximum atomic E-state index is 12.2. The van der Waals surface area contributed by atoms with Crippen molar-refractivity contribution in [2.45, 2.75) is 38.2 Å². The van der Waals surface area contributed by atoms with Gasteiger partial charge >= 0.3 is 11.7 Å². The Labute approximate surface area is 201 Å². The van der Waals surface area contributed by atoms with Crippen LogP contribution in [0.2, 0.25) is 0 Å². The molecule has 1 aliphatic rings. The van der Waals surface area contributed by atoms with E-state index >= 15 is 0 Å². The van der Waals surface area contributed by atoms with Crippen molar-refractivity contribution in [2.24, 2.45) is 7.05 Å². The quantitative estimate of drug-likeness (QED) is 0.283. The molecule has 0 fully saturated rings. The molecule has 178 valence electrons. The fraction of sp³-hybridized carbons (Fsp3) is 0.259. The van der Waals surface area contributed by atoms with Crippen LogP contribution in [-0.4, -0.2) is 31.9 Å². The van der Waals surface area contributed by atoms with Crippen molar-refractivity contribution in [3.8, 4) is 16.9 Å². The topological polar surface area (TPSA) is 107 Å². The Morgan fingerprint density at radius 2 is 1.91 bits per heavy atom. The van der Waals surface area contributed by atoms with Crippen LogP contribution < -0.4 is 4.74 Å². The van der Waals surface area contributed by atoms with Gasteiger partial charge in [-0.15, -0.1) is 0 Å². The molecule has 0 radical (unpaired) electrons. The van der Waals surface area contributed by atoms with Gasteiger partial charge in [-0.25, -0.2) is 0 Å². The van der Waals surface area contributed by atoms with Crippen LogP contribution in [-0.2, 0) is 31.1 Å². The summed E-state index contributed by atoms with van der Waals surface area (Å²) >= 11 is 0. The van der Waals surface area contributed by atoms with E-state index in [0.717, 1.165) is 16.5 Å². The number of hydrogen-bond donors (Lipinski definition) is 1. The van der Waals surface area contributed by atoms with Gasteiger partial charge in [-0.1, -0.05) is 30.3 Å². The number of aromatic nitrogens is 2. The smallest absolute Gasteiger partial charge is 0.311 e. The maximum Gasteiger partial charge on any atom is 0.311 e. The number of fused-ring (bicyclic) bond motifs is 2. The number of nitrogens with zero attached hydrogens (tertiary/aromatic N) is 3. The Kier molecular flexibility index (Phi) is 5.94. The van der Waals surface area contributed by atoms with Crippen LogP contribution >= 0.6 is 0 Å². The summed E-state index contributed by atoms with van der Waals surface area (Å²) in [5.41, 5.74) is 5.38. The fourth-order valence-corrected chi connectivity index (χ4v) is 4.83. The number of rotatable bonds is 8. The molecule has 3 aromatic carbocycles. The standard InChI is InChI=1S/C27H25N3O5/c1-29-24-10-9-20(13-21(24)16-28-29)23-11-17(5-4-8-26(31)32)12-25(30(33)34)27(23)35-22-14-18-6-2-3-7-19(18)15-22/h2-3,6-7,9-13,16,22H,4-5,8,14-15H2,1H3,(H,31,32). The monoisotopic (exact) mass is 471 g/mol. The zero-order chi connectivity index (χ0) is 24.5. The van der Waals surface area contributed by atoms with Gasteiger partial charge < -0.3 is 9.84 Å². The summed E-state index contributed by atoms with van der Waals surface area (Å²) in [5, 5.41) is 26.4. The highest BCUT2D eigenvalue weighted by atomic mass is 16.6. The Bertz CT molecular complexity index is 1420. The van der Waals surface area contributed by atoms with Crippen molar-refractivity contribution in [3.05, 3.63) is 87.6 Å². The van der Waals surface area contributed by atoms with Gasteiger partial charge in [-0.2, -0.15) is 5.10 Å². The number of aliphatic carboxylic acids is 1. The lowest BCUT2D eigenvalue weighted by molar-refractivity contribution is -0.386. The average molecular weight is 472 g/mol. The number of aryl methyl sites for hydroxylation is 2. The Balaban J connectivity index is 1.58. The van der Waals surface area contributed by atoms with Crippen molar-refractivity contribution in [1.82, 2.24) is 9.78 Å². The zero-order valence-corrected chi connectivity index (χ0v) is 19.3. The van der Waals surface area contributed by atoms with E-state index in [-0.39, 0.29) is 24.0 Å². The molecular weight excluding hydrogens is 446 g/mol. The predicted octanol–water partition coefficient (Wildman–Crippen LogP) is 5.10. The first-order valence-corrected chi connectivity index (χ1v) is 11.6. The number of hydrogen-bond acceptors (Lipinski definition) is 5. The van der Waals surface area contributed by atoms with Crippen LogP contribution in [0, 0.1) is 10.1 Å². The Hall–Kier alpha value is -4.20. The van der Waals surface area contributed by atoms with Gasteiger partial charge in [-0.3, -0.25) is 19.6 Å². The number of carboxylic acid groups (broad SMARTS) is 1. The number of carboxylic acids is 1. The van der Waals surface area contributed by atoms with Crippen molar-refractivity contribution < 1.29 is 19.6 Å². The highest BCUT2D eigenvalue weighted by Crippen LogP contribution is 2.42. The molecular formula is C27H25N3O5. The fourth-order valence-electron chi connectivity index (χ4n) is 4.83. The van der Waals surface area contributed by atoms with E-state index in [1.807, 2.05) is 43.4 Å². The summed E-state index contributed by atoms with van der Waals surface area (Å²) in [6.07, 6.45) is 3.76. The van der Waals surface area contributed by atoms with Crippen molar-refractivity contribution in [3.63, 3.8) is 0 Å². The average Bonchev–Trinajstić information content (AvgIpc) is 3.41. The minimum atomic E-state index is -0.887. The minimum absolute atomic E-state index is 0.00333. The highest BCUT2D eigenvalue weighted by molar-refractivity contribution is 5.87. The summed E-state index contributed by atoms with van der Waals surface area (Å²) in [4.78, 5) is 22.7. The van der Waals surface area contributed by atoms with E-state index in [1.54, 1.807) is 10.9 Å². The molecule has 0 aliphatic heterocycles. The molecule has 1 heterocycles. The third-order valence-electron chi connectivity index (χ3n) is 6.54. The summed E-state index contributed by atoms with van der Waals surface area (Å²) in [6.45, 7) is 0. The molecule has 0 unspecified atom stereocenters. The van der Waals surface area contributed by atoms with E-state index < -0.39 is 10.9 Å². The van der Waals surface area contributed by atoms with Gasteiger partial charge in [0.25, 0.3) is 0 Å². The highest BCUT2D eigenvalue weighted by Gasteiger charge is 2.29. The normalized spacial score (nSPS) is 13.2. The lowest BCUT2D eigenvalue weighted by Crippen LogP contribution is -2.18. The van der Waals surface area contributed by atoms with Crippen LogP contribution in [0.3, 0.4) is 0 Å². The molecule has 8 heteroatoms. The lowest BCUT2D eigenvalue weighted by atomic mass is 9.97. The Morgan fingerprint density at radius 3 is 2.60 bits per heavy atom. The van der Waals surface area contributed by atoms with Crippen LogP contribution in [0.15, 0.2) is 60.8 Å². The molecule has 1 N–H and O–H groups in total. The second-order valence-electron chi connectivity index (χ2n) is 8.95. The molecule has 0 saturated heterocycles. The van der Waals surface area contributed by atoms with Crippen molar-refractivity contribution in [1.29, 1.82) is 0 Å². The largest absolute Gasteiger partial charge is 0.482 e. The molecule has 1 aliphatic carbocycles. The van der Waals surface area contributed by atoms with E-state index in [4.69, 9.17) is 9.84 Å². The van der Waals surface area contributed by atoms with Crippen LogP contribution in [0.4, 0.5) is 5.69 Å². The molecule has 8 nitrogen and oxygen atoms in total. The summed E-state index contributed by atoms with van der Waals surface area (Å²) < 4.78 is 8.17. The molecule has 0 amide bonds. The van der Waals surface area contributed by atoms with Gasteiger partial charge in [0.15, 0.2) is 0 Å². The molecule has 4 aromatic rings. The number of benzene rings is 3. The molecule has 35 heavy (non-hydrogen) atoms.